The van der Waals surface area contributed by atoms with E-state index in [4.69, 9.17) is 0 Å². The minimum atomic E-state index is -1.31. The average molecular weight is 405 g/mol. The zero-order valence-corrected chi connectivity index (χ0v) is 16.1. The number of Topliss-reactive ketones (excluding diaryl/α,β-unsaturated/α-hetero) is 1. The van der Waals surface area contributed by atoms with Gasteiger partial charge in [-0.2, -0.15) is 0 Å². The van der Waals surface area contributed by atoms with Crippen LogP contribution in [0.4, 0.5) is 19.0 Å². The van der Waals surface area contributed by atoms with Crippen molar-refractivity contribution < 1.29 is 22.8 Å². The highest BCUT2D eigenvalue weighted by atomic mass is 19.1. The molecule has 1 aliphatic heterocycles. The van der Waals surface area contributed by atoms with E-state index in [9.17, 15) is 22.8 Å². The molecule has 0 aliphatic carbocycles. The molecule has 0 atom stereocenters. The quantitative estimate of drug-likeness (QED) is 0.737. The molecule has 0 radical (unpaired) electrons. The number of halogens is 3. The predicted molar refractivity (Wildman–Crippen MR) is 102 cm³/mol. The molecule has 1 N–H and O–H groups in total. The summed E-state index contributed by atoms with van der Waals surface area (Å²) in [7, 11) is 0. The Morgan fingerprint density at radius 1 is 1.14 bits per heavy atom. The third-order valence-electron chi connectivity index (χ3n) is 4.98. The third-order valence-corrected chi connectivity index (χ3v) is 4.98. The van der Waals surface area contributed by atoms with E-state index in [-0.39, 0.29) is 23.2 Å². The molecule has 1 fully saturated rings. The van der Waals surface area contributed by atoms with Crippen molar-refractivity contribution >= 4 is 17.5 Å². The lowest BCUT2D eigenvalue weighted by Gasteiger charge is -2.30. The molecule has 1 aromatic carbocycles. The van der Waals surface area contributed by atoms with Crippen LogP contribution < -0.4 is 5.32 Å². The van der Waals surface area contributed by atoms with Gasteiger partial charge in [-0.3, -0.25) is 9.59 Å². The first kappa shape index (κ1) is 21.0. The zero-order chi connectivity index (χ0) is 21.0. The number of nitrogens with zero attached hydrogens (tertiary/aromatic N) is 2. The van der Waals surface area contributed by atoms with E-state index in [0.29, 0.717) is 12.1 Å². The smallest absolute Gasteiger partial charge is 0.262 e. The Kier molecular flexibility index (Phi) is 6.64. The minimum absolute atomic E-state index is 0.00704. The van der Waals surface area contributed by atoms with Crippen LogP contribution in [0.3, 0.4) is 0 Å². The molecular weight excluding hydrogens is 383 g/mol. The number of likely N-dealkylation sites (tertiary alicyclic amines) is 1. The first-order chi connectivity index (χ1) is 13.9. The van der Waals surface area contributed by atoms with Crippen LogP contribution in [-0.2, 0) is 0 Å². The van der Waals surface area contributed by atoms with Gasteiger partial charge in [-0.15, -0.1) is 0 Å². The number of pyridine rings is 1. The zero-order valence-electron chi connectivity index (χ0n) is 16.1. The van der Waals surface area contributed by atoms with E-state index in [1.54, 1.807) is 12.1 Å². The van der Waals surface area contributed by atoms with Gasteiger partial charge in [0.1, 0.15) is 34.5 Å². The molecule has 1 aromatic heterocycles. The highest BCUT2D eigenvalue weighted by Gasteiger charge is 2.26. The van der Waals surface area contributed by atoms with Crippen LogP contribution in [0.1, 0.15) is 47.0 Å². The van der Waals surface area contributed by atoms with Crippen LogP contribution in [-0.4, -0.2) is 41.2 Å². The summed E-state index contributed by atoms with van der Waals surface area (Å²) in [4.78, 5) is 31.4. The Morgan fingerprint density at radius 2 is 1.79 bits per heavy atom. The number of amides is 1. The average Bonchev–Trinajstić information content (AvgIpc) is 2.67. The Hall–Kier alpha value is -2.74. The maximum Gasteiger partial charge on any atom is 0.262 e. The lowest BCUT2D eigenvalue weighted by Crippen LogP contribution is -2.36. The fraction of sp³-hybridized carbons (Fsp3) is 0.381. The van der Waals surface area contributed by atoms with Crippen LogP contribution in [0.25, 0.3) is 0 Å². The Balaban J connectivity index is 1.70. The lowest BCUT2D eigenvalue weighted by molar-refractivity contribution is 0.0834. The van der Waals surface area contributed by atoms with Gasteiger partial charge in [-0.25, -0.2) is 18.2 Å². The summed E-state index contributed by atoms with van der Waals surface area (Å²) in [5.41, 5.74) is -0.718. The molecule has 1 amide bonds. The van der Waals surface area contributed by atoms with E-state index >= 15 is 0 Å². The van der Waals surface area contributed by atoms with Gasteiger partial charge < -0.3 is 10.2 Å². The van der Waals surface area contributed by atoms with Crippen LogP contribution >= 0.6 is 0 Å². The topological polar surface area (TPSA) is 62.3 Å². The number of hydrogen-bond acceptors (Lipinski definition) is 4. The summed E-state index contributed by atoms with van der Waals surface area (Å²) in [5.74, 6) is -5.12. The van der Waals surface area contributed by atoms with Crippen LogP contribution in [0.5, 0.6) is 0 Å². The normalized spacial score (nSPS) is 15.3. The van der Waals surface area contributed by atoms with Crippen molar-refractivity contribution in [2.75, 3.05) is 25.0 Å². The summed E-state index contributed by atoms with van der Waals surface area (Å²) in [6, 6.07) is 5.36. The van der Waals surface area contributed by atoms with Crippen molar-refractivity contribution in [1.82, 2.24) is 9.88 Å². The van der Waals surface area contributed by atoms with E-state index in [1.807, 2.05) is 0 Å². The summed E-state index contributed by atoms with van der Waals surface area (Å²) in [6.45, 7) is 4.83. The number of benzene rings is 1. The van der Waals surface area contributed by atoms with E-state index in [0.717, 1.165) is 38.9 Å². The highest BCUT2D eigenvalue weighted by Crippen LogP contribution is 2.22. The number of nitrogens with one attached hydrogen (secondary N) is 1. The Labute approximate surface area is 166 Å². The largest absolute Gasteiger partial charge is 0.306 e. The van der Waals surface area contributed by atoms with Crippen molar-refractivity contribution in [2.24, 2.45) is 5.92 Å². The number of rotatable bonds is 6. The molecule has 0 bridgehead atoms. The second-order valence-electron chi connectivity index (χ2n) is 7.09. The second-order valence-corrected chi connectivity index (χ2v) is 7.09. The SMILES string of the molecule is CCCN1CCC(C(=O)c2cccc(NC(=O)c3c(F)cc(F)cc3F)n2)CC1. The molecule has 1 aliphatic rings. The van der Waals surface area contributed by atoms with Crippen molar-refractivity contribution in [3.8, 4) is 0 Å². The number of carbonyl (C=O) groups excluding carboxylic acids is 2. The number of anilines is 1. The van der Waals surface area contributed by atoms with E-state index < -0.39 is 28.9 Å². The fourth-order valence-electron chi connectivity index (χ4n) is 3.52. The maximum atomic E-state index is 13.8. The molecule has 5 nitrogen and oxygen atoms in total. The molecule has 29 heavy (non-hydrogen) atoms. The van der Waals surface area contributed by atoms with Gasteiger partial charge in [0, 0.05) is 18.1 Å². The summed E-state index contributed by atoms with van der Waals surface area (Å²) >= 11 is 0. The van der Waals surface area contributed by atoms with Gasteiger partial charge in [0.2, 0.25) is 0 Å². The summed E-state index contributed by atoms with van der Waals surface area (Å²) in [5, 5.41) is 2.27. The number of piperidine rings is 1. The van der Waals surface area contributed by atoms with Crippen molar-refractivity contribution in [3.05, 3.63) is 59.0 Å². The minimum Gasteiger partial charge on any atom is -0.306 e. The highest BCUT2D eigenvalue weighted by molar-refractivity contribution is 6.04. The monoisotopic (exact) mass is 405 g/mol. The fourth-order valence-corrected chi connectivity index (χ4v) is 3.52. The molecule has 2 heterocycles. The molecule has 3 rings (SSSR count). The van der Waals surface area contributed by atoms with Gasteiger partial charge in [0.05, 0.1) is 0 Å². The molecule has 0 spiro atoms. The Bertz CT molecular complexity index is 889. The van der Waals surface area contributed by atoms with Crippen LogP contribution in [0.2, 0.25) is 0 Å². The van der Waals surface area contributed by atoms with Gasteiger partial charge in [0.25, 0.3) is 5.91 Å². The van der Waals surface area contributed by atoms with Crippen molar-refractivity contribution in [1.29, 1.82) is 0 Å². The third kappa shape index (κ3) is 5.00. The standard InChI is InChI=1S/C21H22F3N3O2/c1-2-8-27-9-6-13(7-10-27)20(28)17-4-3-5-18(25-17)26-21(29)19-15(23)11-14(22)12-16(19)24/h3-5,11-13H,2,6-10H2,1H3,(H,25,26,29). The molecule has 8 heteroatoms. The maximum absolute atomic E-state index is 13.8. The van der Waals surface area contributed by atoms with Crippen molar-refractivity contribution in [3.63, 3.8) is 0 Å². The van der Waals surface area contributed by atoms with Crippen LogP contribution in [0.15, 0.2) is 30.3 Å². The van der Waals surface area contributed by atoms with Gasteiger partial charge >= 0.3 is 0 Å². The van der Waals surface area contributed by atoms with E-state index in [2.05, 4.69) is 22.1 Å². The van der Waals surface area contributed by atoms with E-state index in [1.165, 1.54) is 6.07 Å². The number of hydrogen-bond donors (Lipinski definition) is 1. The van der Waals surface area contributed by atoms with Gasteiger partial charge in [-0.05, 0) is 51.0 Å². The molecule has 0 unspecified atom stereocenters. The molecule has 2 aromatic rings. The van der Waals surface area contributed by atoms with Crippen LogP contribution in [0, 0.1) is 23.4 Å². The summed E-state index contributed by atoms with van der Waals surface area (Å²) < 4.78 is 40.6. The van der Waals surface area contributed by atoms with Gasteiger partial charge in [-0.1, -0.05) is 13.0 Å². The molecule has 1 saturated heterocycles. The molecular formula is C21H22F3N3O2. The number of carbonyl (C=O) groups is 2. The predicted octanol–water partition coefficient (Wildman–Crippen LogP) is 4.06. The summed E-state index contributed by atoms with van der Waals surface area (Å²) in [6.07, 6.45) is 2.55. The number of ketones is 1. The lowest BCUT2D eigenvalue weighted by atomic mass is 9.90. The Morgan fingerprint density at radius 3 is 2.41 bits per heavy atom. The number of aromatic nitrogens is 1. The first-order valence-corrected chi connectivity index (χ1v) is 9.58. The molecule has 0 saturated carbocycles. The second kappa shape index (κ2) is 9.17. The van der Waals surface area contributed by atoms with Gasteiger partial charge in [0.15, 0.2) is 5.78 Å². The van der Waals surface area contributed by atoms with Crippen molar-refractivity contribution in [2.45, 2.75) is 26.2 Å². The first-order valence-electron chi connectivity index (χ1n) is 9.58. The molecule has 154 valence electrons.